The number of aryl methyl sites for hydroxylation is 2. The molecule has 0 radical (unpaired) electrons. The van der Waals surface area contributed by atoms with Crippen molar-refractivity contribution in [1.29, 1.82) is 0 Å². The smallest absolute Gasteiger partial charge is 0.213 e. The van der Waals surface area contributed by atoms with Gasteiger partial charge in [-0.3, -0.25) is 25.1 Å². The molecule has 0 saturated carbocycles. The van der Waals surface area contributed by atoms with E-state index in [0.29, 0.717) is 18.9 Å². The Labute approximate surface area is 182 Å². The van der Waals surface area contributed by atoms with Gasteiger partial charge in [0.05, 0.1) is 12.1 Å². The highest BCUT2D eigenvalue weighted by atomic mass is 16.1. The number of fused-ring (bicyclic) bond motifs is 1. The zero-order valence-corrected chi connectivity index (χ0v) is 18.1. The third kappa shape index (κ3) is 5.03. The van der Waals surface area contributed by atoms with Crippen LogP contribution in [0.5, 0.6) is 0 Å². The number of aromatic amines is 1. The Morgan fingerprint density at radius 3 is 2.74 bits per heavy atom. The van der Waals surface area contributed by atoms with Crippen LogP contribution in [0.15, 0.2) is 47.5 Å². The number of anilines is 2. The van der Waals surface area contributed by atoms with Crippen molar-refractivity contribution < 1.29 is 4.79 Å². The van der Waals surface area contributed by atoms with E-state index in [1.54, 1.807) is 0 Å². The molecule has 1 aliphatic heterocycles. The number of aromatic nitrogens is 2. The molecule has 8 nitrogen and oxygen atoms in total. The summed E-state index contributed by atoms with van der Waals surface area (Å²) < 4.78 is 0. The van der Waals surface area contributed by atoms with Gasteiger partial charge in [-0.2, -0.15) is 5.10 Å². The fourth-order valence-electron chi connectivity index (χ4n) is 3.94. The molecule has 1 saturated heterocycles. The molecule has 1 fully saturated rings. The van der Waals surface area contributed by atoms with E-state index >= 15 is 0 Å². The zero-order valence-electron chi connectivity index (χ0n) is 18.1. The number of amides is 1. The van der Waals surface area contributed by atoms with E-state index in [2.05, 4.69) is 60.7 Å². The Hall–Kier alpha value is -3.39. The largest absolute Gasteiger partial charge is 0.352 e. The molecule has 1 aliphatic rings. The first-order valence-electron chi connectivity index (χ1n) is 10.6. The van der Waals surface area contributed by atoms with Crippen LogP contribution in [0.25, 0.3) is 10.9 Å². The van der Waals surface area contributed by atoms with Crippen LogP contribution in [-0.2, 0) is 4.79 Å². The molecule has 162 valence electrons. The summed E-state index contributed by atoms with van der Waals surface area (Å²) >= 11 is 0. The first-order valence-corrected chi connectivity index (χ1v) is 10.6. The molecule has 8 heteroatoms. The summed E-state index contributed by atoms with van der Waals surface area (Å²) in [5.74, 6) is 1.51. The highest BCUT2D eigenvalue weighted by Crippen LogP contribution is 2.24. The highest BCUT2D eigenvalue weighted by molar-refractivity contribution is 5.99. The molecule has 0 spiro atoms. The van der Waals surface area contributed by atoms with Crippen molar-refractivity contribution >= 4 is 34.8 Å². The summed E-state index contributed by atoms with van der Waals surface area (Å²) in [6, 6.07) is 14.4. The minimum absolute atomic E-state index is 0.476. The minimum Gasteiger partial charge on any atom is -0.352 e. The lowest BCUT2D eigenvalue weighted by Gasteiger charge is -2.34. The van der Waals surface area contributed by atoms with E-state index in [-0.39, 0.29) is 0 Å². The van der Waals surface area contributed by atoms with E-state index < -0.39 is 0 Å². The third-order valence-electron chi connectivity index (χ3n) is 5.64. The van der Waals surface area contributed by atoms with Gasteiger partial charge in [-0.05, 0) is 37.6 Å². The van der Waals surface area contributed by atoms with Crippen molar-refractivity contribution in [3.63, 3.8) is 0 Å². The number of piperazine rings is 1. The van der Waals surface area contributed by atoms with Crippen LogP contribution >= 0.6 is 0 Å². The third-order valence-corrected chi connectivity index (χ3v) is 5.64. The molecule has 0 bridgehead atoms. The topological polar surface area (TPSA) is 88.7 Å². The number of carbonyl (C=O) groups excluding carboxylic acids is 1. The number of para-hydroxylation sites is 1. The number of rotatable bonds is 6. The number of nitrogens with one attached hydrogen (secondary N) is 3. The predicted molar refractivity (Wildman–Crippen MR) is 126 cm³/mol. The quantitative estimate of drug-likeness (QED) is 0.325. The summed E-state index contributed by atoms with van der Waals surface area (Å²) in [6.45, 7) is 9.32. The maximum atomic E-state index is 11.0. The average molecular weight is 420 g/mol. The zero-order chi connectivity index (χ0) is 21.6. The number of hydrogen-bond donors (Lipinski definition) is 3. The van der Waals surface area contributed by atoms with E-state index in [1.807, 2.05) is 31.2 Å². The van der Waals surface area contributed by atoms with Gasteiger partial charge in [-0.15, -0.1) is 0 Å². The van der Waals surface area contributed by atoms with Gasteiger partial charge in [0.15, 0.2) is 5.82 Å². The number of H-pyrrole nitrogens is 1. The Morgan fingerprint density at radius 2 is 1.97 bits per heavy atom. The van der Waals surface area contributed by atoms with Crippen LogP contribution in [0.2, 0.25) is 0 Å². The molecule has 31 heavy (non-hydrogen) atoms. The average Bonchev–Trinajstić information content (AvgIpc) is 3.20. The van der Waals surface area contributed by atoms with Crippen LogP contribution in [0.1, 0.15) is 11.1 Å². The van der Waals surface area contributed by atoms with E-state index in [0.717, 1.165) is 55.3 Å². The summed E-state index contributed by atoms with van der Waals surface area (Å²) in [7, 11) is 0. The van der Waals surface area contributed by atoms with Crippen molar-refractivity contribution in [3.8, 4) is 0 Å². The maximum absolute atomic E-state index is 11.0. The maximum Gasteiger partial charge on any atom is 0.213 e. The summed E-state index contributed by atoms with van der Waals surface area (Å²) in [6.07, 6.45) is 0.655. The highest BCUT2D eigenvalue weighted by Gasteiger charge is 2.20. The lowest BCUT2D eigenvalue weighted by molar-refractivity contribution is -0.108. The summed E-state index contributed by atoms with van der Waals surface area (Å²) in [4.78, 5) is 20.3. The molecular weight excluding hydrogens is 390 g/mol. The number of carbonyl (C=O) groups is 1. The van der Waals surface area contributed by atoms with Crippen LogP contribution in [0.4, 0.5) is 11.5 Å². The second kappa shape index (κ2) is 9.61. The van der Waals surface area contributed by atoms with Crippen molar-refractivity contribution in [2.75, 3.05) is 49.5 Å². The van der Waals surface area contributed by atoms with Crippen molar-refractivity contribution in [2.24, 2.45) is 4.99 Å². The second-order valence-electron chi connectivity index (χ2n) is 7.86. The molecule has 1 amide bonds. The first kappa shape index (κ1) is 20.9. The minimum atomic E-state index is 0.476. The monoisotopic (exact) mass is 419 g/mol. The molecule has 3 aromatic rings. The number of hydrogen-bond acceptors (Lipinski definition) is 5. The van der Waals surface area contributed by atoms with Gasteiger partial charge in [-0.25, -0.2) is 0 Å². The van der Waals surface area contributed by atoms with Gasteiger partial charge in [0.25, 0.3) is 0 Å². The normalized spacial score (nSPS) is 15.3. The Kier molecular flexibility index (Phi) is 6.47. The van der Waals surface area contributed by atoms with E-state index in [4.69, 9.17) is 0 Å². The van der Waals surface area contributed by atoms with Gasteiger partial charge in [0, 0.05) is 43.8 Å². The van der Waals surface area contributed by atoms with Crippen molar-refractivity contribution in [1.82, 2.24) is 20.4 Å². The lowest BCUT2D eigenvalue weighted by atomic mass is 10.1. The molecule has 2 heterocycles. The Bertz CT molecular complexity index is 1070. The second-order valence-corrected chi connectivity index (χ2v) is 7.86. The molecule has 0 aliphatic carbocycles. The SMILES string of the molecule is Cc1ccc(NC(=NCCN2CCN(c3n[nH]c4ccccc34)CC2)NC=O)c(C)c1. The molecular formula is C23H29N7O. The molecule has 0 unspecified atom stereocenters. The van der Waals surface area contributed by atoms with Crippen LogP contribution in [0.3, 0.4) is 0 Å². The van der Waals surface area contributed by atoms with Crippen molar-refractivity contribution in [3.05, 3.63) is 53.6 Å². The molecule has 4 rings (SSSR count). The number of nitrogens with zero attached hydrogens (tertiary/aromatic N) is 4. The van der Waals surface area contributed by atoms with E-state index in [1.165, 1.54) is 10.9 Å². The van der Waals surface area contributed by atoms with Crippen LogP contribution in [-0.4, -0.2) is 66.7 Å². The van der Waals surface area contributed by atoms with Crippen molar-refractivity contribution in [2.45, 2.75) is 13.8 Å². The van der Waals surface area contributed by atoms with Gasteiger partial charge in [0.2, 0.25) is 12.4 Å². The molecule has 2 aromatic carbocycles. The van der Waals surface area contributed by atoms with Gasteiger partial charge in [-0.1, -0.05) is 29.8 Å². The fraction of sp³-hybridized carbons (Fsp3) is 0.348. The van der Waals surface area contributed by atoms with Gasteiger partial charge >= 0.3 is 0 Å². The number of benzene rings is 2. The molecule has 3 N–H and O–H groups in total. The fourth-order valence-corrected chi connectivity index (χ4v) is 3.94. The number of guanidine groups is 1. The van der Waals surface area contributed by atoms with Crippen LogP contribution in [0, 0.1) is 13.8 Å². The van der Waals surface area contributed by atoms with Crippen LogP contribution < -0.4 is 15.5 Å². The molecule has 0 atom stereocenters. The summed E-state index contributed by atoms with van der Waals surface area (Å²) in [5.41, 5.74) is 4.33. The summed E-state index contributed by atoms with van der Waals surface area (Å²) in [5, 5.41) is 14.7. The Balaban J connectivity index is 1.30. The van der Waals surface area contributed by atoms with E-state index in [9.17, 15) is 4.79 Å². The number of aliphatic imine (C=N–C) groups is 1. The standard InChI is InChI=1S/C23H29N7O/c1-17-7-8-20(18(2)15-17)26-23(25-16-31)24-9-10-29-11-13-30(14-12-29)22-19-5-3-4-6-21(19)27-28-22/h3-8,15-16H,9-14H2,1-2H3,(H,27,28)(H2,24,25,26,31). The van der Waals surface area contributed by atoms with Gasteiger partial charge < -0.3 is 10.2 Å². The predicted octanol–water partition coefficient (Wildman–Crippen LogP) is 2.52. The van der Waals surface area contributed by atoms with Gasteiger partial charge in [0.1, 0.15) is 0 Å². The molecule has 1 aromatic heterocycles. The lowest BCUT2D eigenvalue weighted by Crippen LogP contribution is -2.47. The first-order chi connectivity index (χ1) is 15.1. The Morgan fingerprint density at radius 1 is 1.16 bits per heavy atom.